The summed E-state index contributed by atoms with van der Waals surface area (Å²) in [5.74, 6) is 0.714. The molecular formula is C44H26N4. The molecule has 4 heterocycles. The molecule has 4 heteroatoms. The largest absolute Gasteiger partial charge is 0.307 e. The molecule has 0 unspecified atom stereocenters. The third-order valence-corrected chi connectivity index (χ3v) is 10.0. The Morgan fingerprint density at radius 2 is 0.833 bits per heavy atom. The van der Waals surface area contributed by atoms with Gasteiger partial charge in [-0.05, 0) is 42.5 Å². The zero-order valence-corrected chi connectivity index (χ0v) is 25.8. The van der Waals surface area contributed by atoms with E-state index >= 15 is 0 Å². The topological polar surface area (TPSA) is 34.6 Å². The molecule has 0 saturated heterocycles. The summed E-state index contributed by atoms with van der Waals surface area (Å²) in [6.45, 7) is 0. The van der Waals surface area contributed by atoms with Crippen LogP contribution in [0.4, 0.5) is 0 Å². The van der Waals surface area contributed by atoms with E-state index in [2.05, 4.69) is 154 Å². The van der Waals surface area contributed by atoms with Crippen LogP contribution in [0, 0.1) is 0 Å². The average molecular weight is 611 g/mol. The van der Waals surface area contributed by atoms with Gasteiger partial charge in [0.15, 0.2) is 5.82 Å². The predicted octanol–water partition coefficient (Wildman–Crippen LogP) is 11.2. The van der Waals surface area contributed by atoms with Gasteiger partial charge in [-0.15, -0.1) is 0 Å². The first-order valence-corrected chi connectivity index (χ1v) is 16.4. The van der Waals surface area contributed by atoms with Crippen molar-refractivity contribution in [3.05, 3.63) is 158 Å². The molecule has 0 fully saturated rings. The molecule has 7 aromatic carbocycles. The van der Waals surface area contributed by atoms with Gasteiger partial charge in [0.25, 0.3) is 0 Å². The van der Waals surface area contributed by atoms with Crippen molar-refractivity contribution < 1.29 is 0 Å². The minimum absolute atomic E-state index is 0.714. The molecule has 0 atom stereocenters. The summed E-state index contributed by atoms with van der Waals surface area (Å²) in [5, 5.41) is 8.37. The second-order valence-electron chi connectivity index (χ2n) is 12.6. The van der Waals surface area contributed by atoms with Gasteiger partial charge in [-0.25, -0.2) is 9.97 Å². The van der Waals surface area contributed by atoms with Crippen LogP contribution in [0.25, 0.3) is 99.0 Å². The summed E-state index contributed by atoms with van der Waals surface area (Å²) in [6, 6.07) is 56.5. The Morgan fingerprint density at radius 3 is 1.46 bits per heavy atom. The average Bonchev–Trinajstić information content (AvgIpc) is 3.67. The van der Waals surface area contributed by atoms with Crippen LogP contribution in [0.1, 0.15) is 0 Å². The molecule has 11 aromatic rings. The number of aromatic nitrogens is 4. The third kappa shape index (κ3) is 3.38. The van der Waals surface area contributed by atoms with Gasteiger partial charge < -0.3 is 8.80 Å². The molecule has 222 valence electrons. The lowest BCUT2D eigenvalue weighted by molar-refractivity contribution is 1.23. The number of rotatable bonds is 2. The Hall–Kier alpha value is -6.52. The van der Waals surface area contributed by atoms with Crippen molar-refractivity contribution >= 4 is 76.3 Å². The Morgan fingerprint density at radius 1 is 0.333 bits per heavy atom. The zero-order valence-electron chi connectivity index (χ0n) is 25.8. The van der Waals surface area contributed by atoms with Crippen LogP contribution >= 0.6 is 0 Å². The molecule has 0 N–H and O–H groups in total. The maximum atomic E-state index is 5.24. The van der Waals surface area contributed by atoms with Crippen molar-refractivity contribution in [3.8, 4) is 22.6 Å². The summed E-state index contributed by atoms with van der Waals surface area (Å²) in [5.41, 5.74) is 11.1. The van der Waals surface area contributed by atoms with E-state index in [1.165, 1.54) is 49.0 Å². The molecular weight excluding hydrogens is 585 g/mol. The number of benzene rings is 7. The van der Waals surface area contributed by atoms with Crippen LogP contribution in [-0.2, 0) is 0 Å². The second-order valence-corrected chi connectivity index (χ2v) is 12.6. The van der Waals surface area contributed by atoms with Gasteiger partial charge in [0.1, 0.15) is 0 Å². The monoisotopic (exact) mass is 610 g/mol. The number of fused-ring (bicyclic) bond motifs is 12. The highest BCUT2D eigenvalue weighted by atomic mass is 15.0. The molecule has 4 aromatic heterocycles. The van der Waals surface area contributed by atoms with Crippen LogP contribution in [0.15, 0.2) is 158 Å². The van der Waals surface area contributed by atoms with Gasteiger partial charge >= 0.3 is 0 Å². The second kappa shape index (κ2) is 9.50. The maximum absolute atomic E-state index is 5.24. The van der Waals surface area contributed by atoms with Gasteiger partial charge in [0.05, 0.1) is 44.3 Å². The Bertz CT molecular complexity index is 3110. The standard InChI is InChI=1S/C44H26N4/c1-2-12-27(13-3-1)41-34-17-4-8-18-36(34)45-44(46-41)28-22-25-40-35(26-28)31-16-7-11-21-39(31)47-37-19-9-5-14-29(37)32-23-24-33-30-15-6-10-20-38(30)48(40)43(33)42(32)47/h1-26H. The molecule has 0 amide bonds. The first kappa shape index (κ1) is 25.6. The molecule has 0 bridgehead atoms. The van der Waals surface area contributed by atoms with Gasteiger partial charge in [0.2, 0.25) is 0 Å². The normalized spacial score (nSPS) is 12.2. The number of hydrogen-bond acceptors (Lipinski definition) is 2. The Balaban J connectivity index is 1.36. The van der Waals surface area contributed by atoms with Gasteiger partial charge in [-0.1, -0.05) is 115 Å². The highest BCUT2D eigenvalue weighted by molar-refractivity contribution is 6.25. The van der Waals surface area contributed by atoms with Crippen LogP contribution in [-0.4, -0.2) is 18.8 Å². The molecule has 48 heavy (non-hydrogen) atoms. The Kier molecular flexibility index (Phi) is 5.08. The molecule has 0 aliphatic heterocycles. The summed E-state index contributed by atoms with van der Waals surface area (Å²) < 4.78 is 4.96. The highest BCUT2D eigenvalue weighted by Crippen LogP contribution is 2.42. The van der Waals surface area contributed by atoms with E-state index in [-0.39, 0.29) is 0 Å². The van der Waals surface area contributed by atoms with E-state index in [0.717, 1.165) is 44.1 Å². The van der Waals surface area contributed by atoms with E-state index in [9.17, 15) is 0 Å². The third-order valence-electron chi connectivity index (χ3n) is 10.0. The van der Waals surface area contributed by atoms with Crippen LogP contribution in [0.3, 0.4) is 0 Å². The lowest BCUT2D eigenvalue weighted by Gasteiger charge is -2.13. The van der Waals surface area contributed by atoms with Gasteiger partial charge in [0, 0.05) is 48.8 Å². The highest BCUT2D eigenvalue weighted by Gasteiger charge is 2.20. The lowest BCUT2D eigenvalue weighted by atomic mass is 10.0. The van der Waals surface area contributed by atoms with Crippen LogP contribution in [0.2, 0.25) is 0 Å². The van der Waals surface area contributed by atoms with E-state index in [0.29, 0.717) is 5.82 Å². The fraction of sp³-hybridized carbons (Fsp3) is 0. The molecule has 0 aliphatic carbocycles. The van der Waals surface area contributed by atoms with Crippen molar-refractivity contribution in [2.24, 2.45) is 0 Å². The minimum atomic E-state index is 0.714. The SMILES string of the molecule is c1ccc(-c2nc(-c3ccc4c(c3)c3ccccc3n3c5ccccc5c5ccc6c7ccccc7n4c6c53)nc3ccccc23)cc1. The van der Waals surface area contributed by atoms with Crippen molar-refractivity contribution in [1.29, 1.82) is 0 Å². The quantitative estimate of drug-likeness (QED) is 0.195. The van der Waals surface area contributed by atoms with E-state index in [4.69, 9.17) is 9.97 Å². The van der Waals surface area contributed by atoms with E-state index in [1.54, 1.807) is 0 Å². The predicted molar refractivity (Wildman–Crippen MR) is 200 cm³/mol. The van der Waals surface area contributed by atoms with Crippen molar-refractivity contribution in [1.82, 2.24) is 18.8 Å². The van der Waals surface area contributed by atoms with Crippen LogP contribution < -0.4 is 0 Å². The molecule has 0 spiro atoms. The Labute approximate surface area is 274 Å². The fourth-order valence-corrected chi connectivity index (χ4v) is 8.01. The van der Waals surface area contributed by atoms with E-state index in [1.807, 2.05) is 12.1 Å². The molecule has 0 radical (unpaired) electrons. The van der Waals surface area contributed by atoms with Gasteiger partial charge in [-0.2, -0.15) is 0 Å². The molecule has 0 saturated carbocycles. The summed E-state index contributed by atoms with van der Waals surface area (Å²) in [7, 11) is 0. The summed E-state index contributed by atoms with van der Waals surface area (Å²) in [4.78, 5) is 10.4. The lowest BCUT2D eigenvalue weighted by Crippen LogP contribution is -1.97. The number of hydrogen-bond donors (Lipinski definition) is 0. The summed E-state index contributed by atoms with van der Waals surface area (Å²) in [6.07, 6.45) is 0. The van der Waals surface area contributed by atoms with Gasteiger partial charge in [-0.3, -0.25) is 0 Å². The maximum Gasteiger partial charge on any atom is 0.160 e. The molecule has 11 rings (SSSR count). The fourth-order valence-electron chi connectivity index (χ4n) is 8.01. The summed E-state index contributed by atoms with van der Waals surface area (Å²) >= 11 is 0. The zero-order chi connectivity index (χ0) is 31.3. The molecule has 4 nitrogen and oxygen atoms in total. The minimum Gasteiger partial charge on any atom is -0.307 e. The van der Waals surface area contributed by atoms with Crippen molar-refractivity contribution in [2.75, 3.05) is 0 Å². The smallest absolute Gasteiger partial charge is 0.160 e. The number of para-hydroxylation sites is 4. The number of nitrogens with zero attached hydrogens (tertiary/aromatic N) is 4. The first-order valence-electron chi connectivity index (χ1n) is 16.4. The van der Waals surface area contributed by atoms with E-state index < -0.39 is 0 Å². The van der Waals surface area contributed by atoms with Crippen molar-refractivity contribution in [3.63, 3.8) is 0 Å². The molecule has 0 aliphatic rings. The van der Waals surface area contributed by atoms with Crippen LogP contribution in [0.5, 0.6) is 0 Å². The first-order chi connectivity index (χ1) is 23.8. The van der Waals surface area contributed by atoms with Crippen molar-refractivity contribution in [2.45, 2.75) is 0 Å².